The quantitative estimate of drug-likeness (QED) is 0.0989. The molecule has 0 radical (unpaired) electrons. The van der Waals surface area contributed by atoms with Crippen LogP contribution < -0.4 is 0 Å². The smallest absolute Gasteiger partial charge is 0.437 e. The van der Waals surface area contributed by atoms with Gasteiger partial charge in [-0.1, -0.05) is 26.7 Å². The van der Waals surface area contributed by atoms with Crippen LogP contribution in [0, 0.1) is 0 Å². The first-order valence-electron chi connectivity index (χ1n) is 18.7. The normalized spacial score (nSPS) is 14.2. The average molecular weight is 856 g/mol. The van der Waals surface area contributed by atoms with Gasteiger partial charge in [0, 0.05) is 25.9 Å². The van der Waals surface area contributed by atoms with Gasteiger partial charge in [0.2, 0.25) is 0 Å². The molecule has 0 bridgehead atoms. The molecule has 9 nitrogen and oxygen atoms in total. The summed E-state index contributed by atoms with van der Waals surface area (Å²) in [6.45, 7) is 53.9. The molecule has 0 aromatic carbocycles. The molecule has 0 rings (SSSR count). The van der Waals surface area contributed by atoms with Crippen molar-refractivity contribution in [1.29, 1.82) is 0 Å². The summed E-state index contributed by atoms with van der Waals surface area (Å²) in [5.74, 6) is 0. The summed E-state index contributed by atoms with van der Waals surface area (Å²) in [7, 11) is -16.9. The zero-order chi connectivity index (χ0) is 39.8. The van der Waals surface area contributed by atoms with E-state index in [1.807, 2.05) is 20.8 Å². The molecule has 0 heterocycles. The molecule has 0 saturated carbocycles. The van der Waals surface area contributed by atoms with Crippen LogP contribution in [0.4, 0.5) is 0 Å². The fourth-order valence-corrected chi connectivity index (χ4v) is 45.0. The lowest BCUT2D eigenvalue weighted by Crippen LogP contribution is -2.58. The molecule has 0 amide bonds. The Bertz CT molecular complexity index is 811. The van der Waals surface area contributed by atoms with Crippen LogP contribution in [0.5, 0.6) is 0 Å². The van der Waals surface area contributed by atoms with Gasteiger partial charge in [-0.05, 0) is 151 Å². The van der Waals surface area contributed by atoms with E-state index in [0.717, 1.165) is 12.5 Å². The van der Waals surface area contributed by atoms with Crippen molar-refractivity contribution in [1.82, 2.24) is 0 Å². The Morgan fingerprint density at radius 1 is 0.306 bits per heavy atom. The van der Waals surface area contributed by atoms with Crippen molar-refractivity contribution in [3.63, 3.8) is 0 Å². The summed E-state index contributed by atoms with van der Waals surface area (Å²) in [4.78, 5) is 0. The molecule has 0 aromatic heterocycles. The summed E-state index contributed by atoms with van der Waals surface area (Å²) in [6, 6.07) is 2.15. The van der Waals surface area contributed by atoms with Crippen molar-refractivity contribution < 1.29 is 38.0 Å². The maximum atomic E-state index is 6.39. The van der Waals surface area contributed by atoms with Crippen molar-refractivity contribution in [2.24, 2.45) is 0 Å². The van der Waals surface area contributed by atoms with Crippen molar-refractivity contribution >= 4 is 76.3 Å². The number of hydrogen-bond acceptors (Lipinski definition) is 9. The Kier molecular flexibility index (Phi) is 25.6. The topological polar surface area (TPSA) is 83.1 Å². The molecule has 300 valence electrons. The lowest BCUT2D eigenvalue weighted by atomic mass is 10.6. The van der Waals surface area contributed by atoms with E-state index in [4.69, 9.17) is 38.0 Å². The Balaban J connectivity index is -0.000000671. The summed E-state index contributed by atoms with van der Waals surface area (Å²) in [5.41, 5.74) is 0. The van der Waals surface area contributed by atoms with Gasteiger partial charge in [-0.2, -0.15) is 0 Å². The Labute approximate surface area is 316 Å². The maximum absolute atomic E-state index is 6.39. The highest BCUT2D eigenvalue weighted by atomic mass is 28.5. The van der Waals surface area contributed by atoms with Crippen molar-refractivity contribution in [2.45, 2.75) is 184 Å². The van der Waals surface area contributed by atoms with Gasteiger partial charge < -0.3 is 38.0 Å². The van der Waals surface area contributed by atoms with Gasteiger partial charge in [0.05, 0.1) is 0 Å². The van der Waals surface area contributed by atoms with Gasteiger partial charge in [-0.25, -0.2) is 0 Å². The summed E-state index contributed by atoms with van der Waals surface area (Å²) in [6.07, 6.45) is 2.27. The predicted molar refractivity (Wildman–Crippen MR) is 235 cm³/mol. The zero-order valence-corrected chi connectivity index (χ0v) is 46.1. The molecular formula is C31H86O9Si9. The van der Waals surface area contributed by atoms with E-state index < -0.39 is 76.3 Å². The van der Waals surface area contributed by atoms with E-state index in [1.54, 1.807) is 0 Å². The van der Waals surface area contributed by atoms with Gasteiger partial charge in [0.15, 0.2) is 33.3 Å². The first kappa shape index (κ1) is 54.9. The van der Waals surface area contributed by atoms with E-state index in [1.165, 1.54) is 12.5 Å². The lowest BCUT2D eigenvalue weighted by Gasteiger charge is -2.41. The molecule has 0 aliphatic carbocycles. The molecule has 0 spiro atoms. The van der Waals surface area contributed by atoms with Gasteiger partial charge >= 0.3 is 43.0 Å². The summed E-state index contributed by atoms with van der Waals surface area (Å²) >= 11 is 0. The van der Waals surface area contributed by atoms with Crippen molar-refractivity contribution in [2.75, 3.05) is 19.8 Å². The van der Waals surface area contributed by atoms with Crippen LogP contribution in [0.1, 0.15) is 47.5 Å². The zero-order valence-electron chi connectivity index (χ0n) is 37.1. The highest BCUT2D eigenvalue weighted by Gasteiger charge is 2.44. The third-order valence-corrected chi connectivity index (χ3v) is 36.0. The second-order valence-electron chi connectivity index (χ2n) is 17.8. The molecule has 0 atom stereocenters. The standard InChI is InChI=1S/C12H36O4Si5.C10H28O2Si3.C9H22O3Si/c1-17(2,3)13-19(7,8)15-21(11,12)16-20(9,10)14-18(4,5)6;1-9-10-14(5,6)12-15(7,8)11-13(2,3)4;1-5-9-13(10-6-2,11-7-3)12-8-4/h1-12H3;9-10H2,1-8H3;5-9H2,1-4H3. The second kappa shape index (κ2) is 22.8. The Morgan fingerprint density at radius 2 is 0.551 bits per heavy atom. The van der Waals surface area contributed by atoms with Gasteiger partial charge in [0.25, 0.3) is 0 Å². The molecule has 49 heavy (non-hydrogen) atoms. The third-order valence-electron chi connectivity index (χ3n) is 5.66. The van der Waals surface area contributed by atoms with Gasteiger partial charge in [-0.3, -0.25) is 0 Å². The number of hydrogen-bond donors (Lipinski definition) is 0. The monoisotopic (exact) mass is 854 g/mol. The van der Waals surface area contributed by atoms with Gasteiger partial charge in [0.1, 0.15) is 0 Å². The highest BCUT2D eigenvalue weighted by molar-refractivity contribution is 6.90. The van der Waals surface area contributed by atoms with Crippen LogP contribution in [0.25, 0.3) is 0 Å². The Hall–Kier alpha value is 1.59. The molecule has 0 unspecified atom stereocenters. The third kappa shape index (κ3) is 33.9. The minimum Gasteiger partial charge on any atom is -0.437 e. The predicted octanol–water partition coefficient (Wildman–Crippen LogP) is 11.4. The fraction of sp³-hybridized carbons (Fsp3) is 1.00. The van der Waals surface area contributed by atoms with E-state index in [2.05, 4.69) is 138 Å². The fourth-order valence-electron chi connectivity index (χ4n) is 6.11. The maximum Gasteiger partial charge on any atom is 0.500 e. The highest BCUT2D eigenvalue weighted by Crippen LogP contribution is 2.26. The summed E-state index contributed by atoms with van der Waals surface area (Å²) < 4.78 is 54.8. The van der Waals surface area contributed by atoms with E-state index in [-0.39, 0.29) is 0 Å². The molecule has 18 heteroatoms. The molecule has 0 fully saturated rings. The van der Waals surface area contributed by atoms with Crippen LogP contribution in [0.3, 0.4) is 0 Å². The molecule has 0 aromatic rings. The van der Waals surface area contributed by atoms with Crippen LogP contribution in [-0.2, 0) is 38.0 Å². The van der Waals surface area contributed by atoms with Crippen LogP contribution in [0.2, 0.25) is 136 Å². The first-order chi connectivity index (χ1) is 21.5. The molecular weight excluding hydrogens is 769 g/mol. The SMILES string of the molecule is CCC[Si](C)(C)O[Si](C)(C)O[Si](C)(C)C.CCC[Si](OCC)(OCC)OCC.C[Si](C)(C)O[Si](C)(C)O[Si](C)(C)O[Si](C)(C)O[Si](C)(C)C. The molecule has 0 aliphatic heterocycles. The van der Waals surface area contributed by atoms with Crippen LogP contribution in [-0.4, -0.2) is 96.1 Å². The second-order valence-corrected chi connectivity index (χ2v) is 53.3. The van der Waals surface area contributed by atoms with Crippen molar-refractivity contribution in [3.05, 3.63) is 0 Å². The Morgan fingerprint density at radius 3 is 0.776 bits per heavy atom. The number of rotatable bonds is 22. The largest absolute Gasteiger partial charge is 0.500 e. The average Bonchev–Trinajstić information content (AvgIpc) is 2.72. The first-order valence-corrected chi connectivity index (χ1v) is 45.2. The molecule has 0 saturated heterocycles. The van der Waals surface area contributed by atoms with Crippen molar-refractivity contribution in [3.8, 4) is 0 Å². The summed E-state index contributed by atoms with van der Waals surface area (Å²) in [5, 5.41) is 0. The minimum absolute atomic E-state index is 0.673. The van der Waals surface area contributed by atoms with E-state index >= 15 is 0 Å². The lowest BCUT2D eigenvalue weighted by molar-refractivity contribution is 0.0711. The molecule has 0 N–H and O–H groups in total. The van der Waals surface area contributed by atoms with Crippen LogP contribution in [0.15, 0.2) is 0 Å². The van der Waals surface area contributed by atoms with Gasteiger partial charge in [-0.15, -0.1) is 0 Å². The van der Waals surface area contributed by atoms with Crippen LogP contribution >= 0.6 is 0 Å². The minimum atomic E-state index is -2.30. The molecule has 0 aliphatic rings. The van der Waals surface area contributed by atoms with E-state index in [0.29, 0.717) is 19.8 Å². The van der Waals surface area contributed by atoms with E-state index in [9.17, 15) is 0 Å².